The molecule has 2 unspecified atom stereocenters. The topological polar surface area (TPSA) is 26.3 Å². The van der Waals surface area contributed by atoms with Crippen molar-refractivity contribution in [3.05, 3.63) is 0 Å². The van der Waals surface area contributed by atoms with Gasteiger partial charge in [0.05, 0.1) is 0 Å². The molecule has 4 heteroatoms. The van der Waals surface area contributed by atoms with Gasteiger partial charge in [-0.2, -0.15) is 0 Å². The van der Waals surface area contributed by atoms with E-state index in [0.29, 0.717) is 11.8 Å². The van der Waals surface area contributed by atoms with E-state index in [4.69, 9.17) is 4.31 Å². The SMILES string of the molecule is CCCCCCCCCCCCCCP(CCCCCC)(CCCCCC)(CCCCCC)OP(=O)(CC(C)CC(C)(C)C)CC(C)CC(C)(C)C. The zero-order valence-corrected chi connectivity index (χ0v) is 40.3. The second kappa shape index (κ2) is 28.9. The summed E-state index contributed by atoms with van der Waals surface area (Å²) in [7, 11) is -2.88. The number of hydrogen-bond acceptors (Lipinski definition) is 2. The van der Waals surface area contributed by atoms with Crippen molar-refractivity contribution < 1.29 is 8.88 Å². The van der Waals surface area contributed by atoms with Gasteiger partial charge in [-0.25, -0.2) is 0 Å². The summed E-state index contributed by atoms with van der Waals surface area (Å²) in [5.41, 5.74) is 0.477. The van der Waals surface area contributed by atoms with Crippen LogP contribution in [0.25, 0.3) is 0 Å². The Labute approximate surface area is 331 Å². The van der Waals surface area contributed by atoms with Crippen molar-refractivity contribution >= 4 is 14.2 Å². The predicted octanol–water partition coefficient (Wildman–Crippen LogP) is 18.3. The summed E-state index contributed by atoms with van der Waals surface area (Å²) in [5.74, 6) is 0.837. The Hall–Kier alpha value is 0.620. The first-order valence-corrected chi connectivity index (χ1v) is 28.7. The van der Waals surface area contributed by atoms with Gasteiger partial charge in [0.15, 0.2) is 0 Å². The van der Waals surface area contributed by atoms with Crippen LogP contribution in [0.2, 0.25) is 0 Å². The zero-order valence-electron chi connectivity index (χ0n) is 38.5. The first kappa shape index (κ1) is 52.6. The third-order valence-corrected chi connectivity index (χ3v) is 23.0. The third kappa shape index (κ3) is 27.3. The molecule has 2 atom stereocenters. The molecule has 2 nitrogen and oxygen atoms in total. The summed E-state index contributed by atoms with van der Waals surface area (Å²) < 4.78 is 24.1. The van der Waals surface area contributed by atoms with E-state index in [1.54, 1.807) is 0 Å². The van der Waals surface area contributed by atoms with E-state index in [2.05, 4.69) is 83.1 Å². The van der Waals surface area contributed by atoms with Crippen LogP contribution in [0.4, 0.5) is 0 Å². The van der Waals surface area contributed by atoms with Crippen LogP contribution in [0, 0.1) is 22.7 Å². The number of hydrogen-bond donors (Lipinski definition) is 0. The molecule has 0 aromatic carbocycles. The van der Waals surface area contributed by atoms with Gasteiger partial charge < -0.3 is 0 Å². The van der Waals surface area contributed by atoms with E-state index < -0.39 is 14.2 Å². The average Bonchev–Trinajstić information content (AvgIpc) is 3.02. The van der Waals surface area contributed by atoms with Crippen LogP contribution in [0.1, 0.15) is 250 Å². The minimum absolute atomic E-state index is 0.238. The van der Waals surface area contributed by atoms with Crippen LogP contribution < -0.4 is 0 Å². The van der Waals surface area contributed by atoms with Crippen molar-refractivity contribution in [1.29, 1.82) is 0 Å². The fourth-order valence-electron chi connectivity index (χ4n) is 9.73. The van der Waals surface area contributed by atoms with E-state index >= 15 is 4.57 Å². The van der Waals surface area contributed by atoms with Crippen LogP contribution in [-0.4, -0.2) is 37.0 Å². The molecule has 0 radical (unpaired) electrons. The molecule has 0 rings (SSSR count). The predicted molar refractivity (Wildman–Crippen MR) is 245 cm³/mol. The van der Waals surface area contributed by atoms with Gasteiger partial charge in [0.1, 0.15) is 0 Å². The molecule has 0 aromatic rings. The molecular weight excluding hydrogens is 670 g/mol. The van der Waals surface area contributed by atoms with E-state index in [9.17, 15) is 0 Å². The standard InChI is InChI=1S/C48H102O2P2/c1-13-17-21-25-26-27-28-29-30-31-32-36-40-52(37-33-22-18-14-2,38-34-23-19-15-3,39-35-24-20-16-4)50-51(49,43-45(5)41-47(7,8)9)44-46(6)42-48(10,11)12/h45-46H,13-44H2,1-12H3. The Morgan fingerprint density at radius 2 is 0.654 bits per heavy atom. The van der Waals surface area contributed by atoms with Gasteiger partial charge in [-0.05, 0) is 0 Å². The Morgan fingerprint density at radius 3 is 0.904 bits per heavy atom. The van der Waals surface area contributed by atoms with E-state index in [-0.39, 0.29) is 10.8 Å². The van der Waals surface area contributed by atoms with Crippen molar-refractivity contribution in [2.24, 2.45) is 22.7 Å². The van der Waals surface area contributed by atoms with E-state index in [1.807, 2.05) is 0 Å². The first-order chi connectivity index (χ1) is 24.5. The fraction of sp³-hybridized carbons (Fsp3) is 1.00. The third-order valence-electron chi connectivity index (χ3n) is 11.8. The summed E-state index contributed by atoms with van der Waals surface area (Å²) in [5, 5.41) is 0. The Morgan fingerprint density at radius 1 is 0.423 bits per heavy atom. The molecule has 52 heavy (non-hydrogen) atoms. The normalized spacial score (nSPS) is 16.0. The van der Waals surface area contributed by atoms with E-state index in [1.165, 1.54) is 179 Å². The molecule has 0 bridgehead atoms. The first-order valence-electron chi connectivity index (χ1n) is 23.8. The number of rotatable bonds is 36. The molecule has 316 valence electrons. The molecule has 0 aromatic heterocycles. The molecule has 0 amide bonds. The fourth-order valence-corrected chi connectivity index (χ4v) is 22.7. The summed E-state index contributed by atoms with van der Waals surface area (Å²) in [6.45, 7) is 25.5. The van der Waals surface area contributed by atoms with Gasteiger partial charge in [0.25, 0.3) is 0 Å². The Kier molecular flexibility index (Phi) is 29.3. The summed E-state index contributed by atoms with van der Waals surface area (Å²) in [4.78, 5) is 0. The van der Waals surface area contributed by atoms with Gasteiger partial charge >= 0.3 is 319 Å². The van der Waals surface area contributed by atoms with Crippen molar-refractivity contribution in [3.63, 3.8) is 0 Å². The maximum atomic E-state index is 16.0. The monoisotopic (exact) mass is 773 g/mol. The van der Waals surface area contributed by atoms with Gasteiger partial charge in [0.2, 0.25) is 0 Å². The van der Waals surface area contributed by atoms with Crippen LogP contribution in [0.5, 0.6) is 0 Å². The van der Waals surface area contributed by atoms with Gasteiger partial charge in [0, 0.05) is 0 Å². The molecule has 0 heterocycles. The van der Waals surface area contributed by atoms with Crippen molar-refractivity contribution in [2.45, 2.75) is 250 Å². The quantitative estimate of drug-likeness (QED) is 0.0468. The van der Waals surface area contributed by atoms with Crippen LogP contribution in [0.3, 0.4) is 0 Å². The molecule has 0 N–H and O–H groups in total. The van der Waals surface area contributed by atoms with Gasteiger partial charge in [-0.3, -0.25) is 0 Å². The molecule has 0 aliphatic heterocycles. The molecule has 0 aliphatic carbocycles. The Balaban J connectivity index is 6.64. The number of unbranched alkanes of at least 4 members (excludes halogenated alkanes) is 20. The molecule has 0 aliphatic rings. The van der Waals surface area contributed by atoms with Crippen LogP contribution in [-0.2, 0) is 8.88 Å². The summed E-state index contributed by atoms with van der Waals surface area (Å²) in [6, 6.07) is 0. The molecule has 0 saturated carbocycles. The van der Waals surface area contributed by atoms with Crippen LogP contribution >= 0.6 is 14.2 Å². The molecule has 0 spiro atoms. The summed E-state index contributed by atoms with van der Waals surface area (Å²) >= 11 is 0. The van der Waals surface area contributed by atoms with Crippen molar-refractivity contribution in [1.82, 2.24) is 0 Å². The van der Waals surface area contributed by atoms with E-state index in [0.717, 1.165) is 25.2 Å². The summed E-state index contributed by atoms with van der Waals surface area (Å²) in [6.07, 6.45) is 41.0. The minimum atomic E-state index is -2.88. The van der Waals surface area contributed by atoms with Crippen molar-refractivity contribution in [3.8, 4) is 0 Å². The van der Waals surface area contributed by atoms with Gasteiger partial charge in [-0.1, -0.05) is 13.3 Å². The van der Waals surface area contributed by atoms with Gasteiger partial charge in [-0.15, -0.1) is 0 Å². The second-order valence-corrected chi connectivity index (χ2v) is 29.3. The second-order valence-electron chi connectivity index (χ2n) is 20.8. The van der Waals surface area contributed by atoms with Crippen molar-refractivity contribution in [2.75, 3.05) is 37.0 Å². The average molecular weight is 773 g/mol. The maximum absolute atomic E-state index is 16.0. The Bertz CT molecular complexity index is 807. The molecular formula is C48H102O2P2. The zero-order chi connectivity index (χ0) is 39.4. The van der Waals surface area contributed by atoms with Crippen LogP contribution in [0.15, 0.2) is 0 Å². The molecule has 0 saturated heterocycles. The molecule has 0 fully saturated rings.